The van der Waals surface area contributed by atoms with Crippen molar-refractivity contribution >= 4 is 17.8 Å². The third-order valence-corrected chi connectivity index (χ3v) is 5.43. The number of carbonyl (C=O) groups excluding carboxylic acids is 2. The lowest BCUT2D eigenvalue weighted by Gasteiger charge is -2.35. The Balaban J connectivity index is 1.30. The van der Waals surface area contributed by atoms with Crippen molar-refractivity contribution in [3.05, 3.63) is 35.9 Å². The molecular weight excluding hydrogens is 374 g/mol. The van der Waals surface area contributed by atoms with E-state index in [0.717, 1.165) is 32.7 Å². The fourth-order valence-electron chi connectivity index (χ4n) is 3.57. The van der Waals surface area contributed by atoms with Gasteiger partial charge in [-0.25, -0.2) is 4.79 Å². The van der Waals surface area contributed by atoms with Gasteiger partial charge < -0.3 is 20.1 Å². The van der Waals surface area contributed by atoms with Crippen LogP contribution < -0.4 is 5.32 Å². The van der Waals surface area contributed by atoms with E-state index in [-0.39, 0.29) is 11.8 Å². The topological polar surface area (TPSA) is 102 Å². The molecule has 2 aliphatic rings. The van der Waals surface area contributed by atoms with E-state index in [9.17, 15) is 14.4 Å². The molecule has 1 aromatic carbocycles. The molecule has 158 valence electrons. The van der Waals surface area contributed by atoms with Crippen LogP contribution in [0.1, 0.15) is 25.3 Å². The summed E-state index contributed by atoms with van der Waals surface area (Å²) in [5, 5.41) is 11.4. The normalized spacial score (nSPS) is 22.7. The molecule has 0 saturated carbocycles. The van der Waals surface area contributed by atoms with Crippen LogP contribution in [0.2, 0.25) is 0 Å². The van der Waals surface area contributed by atoms with Crippen molar-refractivity contribution in [3.63, 3.8) is 0 Å². The maximum absolute atomic E-state index is 12.5. The average Bonchev–Trinajstić information content (AvgIpc) is 3.50. The highest BCUT2D eigenvalue weighted by Gasteiger charge is 2.50. The molecule has 2 aliphatic heterocycles. The van der Waals surface area contributed by atoms with Crippen molar-refractivity contribution in [1.29, 1.82) is 0 Å². The van der Waals surface area contributed by atoms with Gasteiger partial charge in [-0.2, -0.15) is 0 Å². The Labute approximate surface area is 170 Å². The molecule has 0 bridgehead atoms. The van der Waals surface area contributed by atoms with Gasteiger partial charge in [0.25, 0.3) is 5.91 Å². The van der Waals surface area contributed by atoms with Crippen molar-refractivity contribution in [3.8, 4) is 0 Å². The van der Waals surface area contributed by atoms with Crippen molar-refractivity contribution in [2.75, 3.05) is 32.7 Å². The zero-order valence-electron chi connectivity index (χ0n) is 16.8. The number of carboxylic acid groups (broad SMARTS) is 1. The molecule has 0 aromatic heterocycles. The number of rotatable bonds is 9. The third kappa shape index (κ3) is 6.27. The molecule has 29 heavy (non-hydrogen) atoms. The predicted octanol–water partition coefficient (Wildman–Crippen LogP) is 0.715. The Morgan fingerprint density at radius 2 is 1.83 bits per heavy atom. The van der Waals surface area contributed by atoms with Crippen LogP contribution in [-0.2, 0) is 25.7 Å². The van der Waals surface area contributed by atoms with Crippen LogP contribution >= 0.6 is 0 Å². The van der Waals surface area contributed by atoms with E-state index in [4.69, 9.17) is 9.84 Å². The van der Waals surface area contributed by atoms with Crippen LogP contribution in [0.15, 0.2) is 30.3 Å². The van der Waals surface area contributed by atoms with Crippen LogP contribution in [0, 0.1) is 5.92 Å². The molecule has 8 nitrogen and oxygen atoms in total. The molecule has 2 heterocycles. The number of hydrogen-bond donors (Lipinski definition) is 2. The van der Waals surface area contributed by atoms with Gasteiger partial charge in [0.1, 0.15) is 0 Å². The lowest BCUT2D eigenvalue weighted by molar-refractivity contribution is -0.138. The molecule has 3 atom stereocenters. The molecule has 3 unspecified atom stereocenters. The highest BCUT2D eigenvalue weighted by molar-refractivity contribution is 5.92. The number of carboxylic acids is 1. The number of epoxide rings is 1. The molecule has 0 aliphatic carbocycles. The summed E-state index contributed by atoms with van der Waals surface area (Å²) in [6, 6.07) is 10.3. The summed E-state index contributed by atoms with van der Waals surface area (Å²) < 4.78 is 4.81. The average molecular weight is 403 g/mol. The maximum Gasteiger partial charge on any atom is 0.336 e. The molecule has 2 N–H and O–H groups in total. The second kappa shape index (κ2) is 9.84. The molecule has 2 saturated heterocycles. The molecule has 1 aromatic rings. The van der Waals surface area contributed by atoms with E-state index in [1.54, 1.807) is 0 Å². The van der Waals surface area contributed by atoms with Crippen LogP contribution in [0.3, 0.4) is 0 Å². The zero-order chi connectivity index (χ0) is 20.8. The highest BCUT2D eigenvalue weighted by atomic mass is 16.6. The van der Waals surface area contributed by atoms with E-state index in [1.807, 2.05) is 30.0 Å². The number of hydrogen-bond acceptors (Lipinski definition) is 5. The van der Waals surface area contributed by atoms with Crippen LogP contribution in [-0.4, -0.2) is 77.6 Å². The predicted molar refractivity (Wildman–Crippen MR) is 106 cm³/mol. The summed E-state index contributed by atoms with van der Waals surface area (Å²) in [7, 11) is 0. The van der Waals surface area contributed by atoms with E-state index in [0.29, 0.717) is 19.4 Å². The van der Waals surface area contributed by atoms with Gasteiger partial charge in [0, 0.05) is 45.7 Å². The van der Waals surface area contributed by atoms with Gasteiger partial charge in [-0.05, 0) is 17.9 Å². The lowest BCUT2D eigenvalue weighted by atomic mass is 10.0. The molecule has 2 amide bonds. The quantitative estimate of drug-likeness (QED) is 0.589. The monoisotopic (exact) mass is 403 g/mol. The zero-order valence-corrected chi connectivity index (χ0v) is 16.8. The van der Waals surface area contributed by atoms with Crippen molar-refractivity contribution in [2.24, 2.45) is 5.92 Å². The first-order valence-electron chi connectivity index (χ1n) is 10.1. The molecule has 8 heteroatoms. The SMILES string of the molecule is CC(CCNC(=O)C1OC1C(=O)O)CC(=O)N1CCN(Cc2ccccc2)CC1. The minimum atomic E-state index is -1.12. The number of nitrogens with zero attached hydrogens (tertiary/aromatic N) is 2. The van der Waals surface area contributed by atoms with Crippen molar-refractivity contribution in [2.45, 2.75) is 38.5 Å². The van der Waals surface area contributed by atoms with Gasteiger partial charge >= 0.3 is 5.97 Å². The van der Waals surface area contributed by atoms with Gasteiger partial charge in [0.15, 0.2) is 12.2 Å². The fourth-order valence-corrected chi connectivity index (χ4v) is 3.57. The smallest absolute Gasteiger partial charge is 0.336 e. The summed E-state index contributed by atoms with van der Waals surface area (Å²) >= 11 is 0. The molecular formula is C21H29N3O5. The lowest BCUT2D eigenvalue weighted by Crippen LogP contribution is -2.48. The van der Waals surface area contributed by atoms with Gasteiger partial charge in [-0.1, -0.05) is 37.3 Å². The first-order chi connectivity index (χ1) is 13.9. The summed E-state index contributed by atoms with van der Waals surface area (Å²) in [6.45, 7) is 6.53. The number of benzene rings is 1. The van der Waals surface area contributed by atoms with Crippen molar-refractivity contribution in [1.82, 2.24) is 15.1 Å². The first-order valence-corrected chi connectivity index (χ1v) is 10.1. The Hall–Kier alpha value is -2.45. The molecule has 3 rings (SSSR count). The number of piperazine rings is 1. The van der Waals surface area contributed by atoms with E-state index >= 15 is 0 Å². The van der Waals surface area contributed by atoms with Crippen molar-refractivity contribution < 1.29 is 24.2 Å². The Morgan fingerprint density at radius 3 is 2.45 bits per heavy atom. The summed E-state index contributed by atoms with van der Waals surface area (Å²) in [5.74, 6) is -1.22. The Morgan fingerprint density at radius 1 is 1.14 bits per heavy atom. The summed E-state index contributed by atoms with van der Waals surface area (Å²) in [6.07, 6.45) is -0.784. The van der Waals surface area contributed by atoms with Gasteiger partial charge in [0.05, 0.1) is 0 Å². The maximum atomic E-state index is 12.5. The highest BCUT2D eigenvalue weighted by Crippen LogP contribution is 2.22. The van der Waals surface area contributed by atoms with Crippen LogP contribution in [0.5, 0.6) is 0 Å². The molecule has 2 fully saturated rings. The fraction of sp³-hybridized carbons (Fsp3) is 0.571. The van der Waals surface area contributed by atoms with Gasteiger partial charge in [-0.3, -0.25) is 14.5 Å². The van der Waals surface area contributed by atoms with E-state index in [1.165, 1.54) is 5.56 Å². The Kier molecular flexibility index (Phi) is 7.22. The number of ether oxygens (including phenoxy) is 1. The third-order valence-electron chi connectivity index (χ3n) is 5.43. The Bertz CT molecular complexity index is 718. The minimum absolute atomic E-state index is 0.139. The number of aliphatic carboxylic acids is 1. The second-order valence-corrected chi connectivity index (χ2v) is 7.85. The number of carbonyl (C=O) groups is 3. The van der Waals surface area contributed by atoms with E-state index in [2.05, 4.69) is 22.3 Å². The largest absolute Gasteiger partial charge is 0.479 e. The second-order valence-electron chi connectivity index (χ2n) is 7.85. The summed E-state index contributed by atoms with van der Waals surface area (Å²) in [4.78, 5) is 39.3. The van der Waals surface area contributed by atoms with Crippen LogP contribution in [0.25, 0.3) is 0 Å². The molecule has 0 radical (unpaired) electrons. The molecule has 0 spiro atoms. The standard InChI is InChI=1S/C21H29N3O5/c1-15(7-8-22-20(26)18-19(29-18)21(27)28)13-17(25)24-11-9-23(10-12-24)14-16-5-3-2-4-6-16/h2-6,15,18-19H,7-14H2,1H3,(H,22,26)(H,27,28). The van der Waals surface area contributed by atoms with Gasteiger partial charge in [-0.15, -0.1) is 0 Å². The van der Waals surface area contributed by atoms with Gasteiger partial charge in [0.2, 0.25) is 5.91 Å². The first kappa shape index (κ1) is 21.3. The van der Waals surface area contributed by atoms with Crippen LogP contribution in [0.4, 0.5) is 0 Å². The minimum Gasteiger partial charge on any atom is -0.479 e. The number of nitrogens with one attached hydrogen (secondary N) is 1. The number of amides is 2. The summed E-state index contributed by atoms with van der Waals surface area (Å²) in [5.41, 5.74) is 1.29. The van der Waals surface area contributed by atoms with E-state index < -0.39 is 24.1 Å².